The van der Waals surface area contributed by atoms with Gasteiger partial charge in [-0.2, -0.15) is 0 Å². The first-order valence-electron chi connectivity index (χ1n) is 5.65. The number of methoxy groups -OCH3 is 1. The maximum Gasteiger partial charge on any atom is 0.323 e. The summed E-state index contributed by atoms with van der Waals surface area (Å²) in [5.41, 5.74) is 1.23. The van der Waals surface area contributed by atoms with Crippen LogP contribution in [0.25, 0.3) is 0 Å². The zero-order chi connectivity index (χ0) is 13.7. The second-order valence-electron chi connectivity index (χ2n) is 3.79. The topological polar surface area (TPSA) is 50.4 Å². The zero-order valence-corrected chi connectivity index (χ0v) is 11.1. The molecule has 0 radical (unpaired) electrons. The lowest BCUT2D eigenvalue weighted by molar-refractivity contribution is 0.262. The lowest BCUT2D eigenvalue weighted by atomic mass is 10.3. The predicted molar refractivity (Wildman–Crippen MR) is 77.1 cm³/mol. The molecule has 2 rings (SSSR count). The van der Waals surface area contributed by atoms with E-state index in [1.807, 2.05) is 12.1 Å². The summed E-state index contributed by atoms with van der Waals surface area (Å²) in [4.78, 5) is 11.8. The van der Waals surface area contributed by atoms with Crippen molar-refractivity contribution in [2.45, 2.75) is 0 Å². The largest absolute Gasteiger partial charge is 0.495 e. The van der Waals surface area contributed by atoms with Crippen molar-refractivity contribution in [1.82, 2.24) is 0 Å². The number of nitrogens with one attached hydrogen (secondary N) is 2. The number of halogens is 1. The zero-order valence-electron chi connectivity index (χ0n) is 10.3. The van der Waals surface area contributed by atoms with Gasteiger partial charge in [-0.15, -0.1) is 0 Å². The van der Waals surface area contributed by atoms with Crippen molar-refractivity contribution in [2.75, 3.05) is 17.7 Å². The van der Waals surface area contributed by atoms with E-state index in [1.165, 1.54) is 0 Å². The van der Waals surface area contributed by atoms with Crippen molar-refractivity contribution >= 4 is 29.0 Å². The van der Waals surface area contributed by atoms with Crippen LogP contribution in [0.1, 0.15) is 0 Å². The summed E-state index contributed by atoms with van der Waals surface area (Å²) in [6.45, 7) is 0. The maximum absolute atomic E-state index is 11.8. The first kappa shape index (κ1) is 13.2. The van der Waals surface area contributed by atoms with Crippen molar-refractivity contribution in [3.05, 3.63) is 53.6 Å². The van der Waals surface area contributed by atoms with E-state index in [0.29, 0.717) is 22.1 Å². The van der Waals surface area contributed by atoms with Gasteiger partial charge in [-0.3, -0.25) is 0 Å². The number of carbonyl (C=O) groups excluding carboxylic acids is 1. The van der Waals surface area contributed by atoms with E-state index in [-0.39, 0.29) is 6.03 Å². The molecule has 2 amide bonds. The Labute approximate surface area is 116 Å². The van der Waals surface area contributed by atoms with Gasteiger partial charge in [0.1, 0.15) is 5.75 Å². The summed E-state index contributed by atoms with van der Waals surface area (Å²) >= 11 is 5.84. The highest BCUT2D eigenvalue weighted by atomic mass is 35.5. The van der Waals surface area contributed by atoms with Crippen molar-refractivity contribution in [3.8, 4) is 5.75 Å². The molecule has 0 spiro atoms. The Morgan fingerprint density at radius 2 is 1.89 bits per heavy atom. The molecule has 0 aromatic heterocycles. The van der Waals surface area contributed by atoms with Crippen LogP contribution in [0.3, 0.4) is 0 Å². The molecule has 4 nitrogen and oxygen atoms in total. The molecule has 0 saturated heterocycles. The smallest absolute Gasteiger partial charge is 0.323 e. The summed E-state index contributed by atoms with van der Waals surface area (Å²) in [7, 11) is 1.55. The fourth-order valence-corrected chi connectivity index (χ4v) is 1.79. The highest BCUT2D eigenvalue weighted by Crippen LogP contribution is 2.23. The second-order valence-corrected chi connectivity index (χ2v) is 4.23. The second kappa shape index (κ2) is 6.11. The Balaban J connectivity index is 2.05. The fraction of sp³-hybridized carbons (Fsp3) is 0.0714. The van der Waals surface area contributed by atoms with Gasteiger partial charge in [0, 0.05) is 10.7 Å². The van der Waals surface area contributed by atoms with Crippen molar-refractivity contribution < 1.29 is 9.53 Å². The van der Waals surface area contributed by atoms with E-state index in [1.54, 1.807) is 43.5 Å². The molecule has 0 unspecified atom stereocenters. The minimum Gasteiger partial charge on any atom is -0.495 e. The van der Waals surface area contributed by atoms with Crippen LogP contribution in [0.5, 0.6) is 5.75 Å². The standard InChI is InChI=1S/C14H13ClN2O2/c1-19-13-8-3-2-7-12(13)17-14(18)16-11-6-4-5-10(15)9-11/h2-9H,1H3,(H2,16,17,18). The van der Waals surface area contributed by atoms with Crippen LogP contribution in [-0.4, -0.2) is 13.1 Å². The van der Waals surface area contributed by atoms with Gasteiger partial charge < -0.3 is 15.4 Å². The Kier molecular flexibility index (Phi) is 4.26. The van der Waals surface area contributed by atoms with E-state index in [2.05, 4.69) is 10.6 Å². The first-order chi connectivity index (χ1) is 9.19. The Hall–Kier alpha value is -2.20. The van der Waals surface area contributed by atoms with Gasteiger partial charge in [-0.1, -0.05) is 29.8 Å². The third kappa shape index (κ3) is 3.63. The molecule has 0 fully saturated rings. The lowest BCUT2D eigenvalue weighted by Crippen LogP contribution is -2.19. The van der Waals surface area contributed by atoms with Crippen LogP contribution >= 0.6 is 11.6 Å². The van der Waals surface area contributed by atoms with Crippen LogP contribution in [0.15, 0.2) is 48.5 Å². The molecule has 0 saturated carbocycles. The number of para-hydroxylation sites is 2. The third-order valence-electron chi connectivity index (χ3n) is 2.44. The SMILES string of the molecule is COc1ccccc1NC(=O)Nc1cccc(Cl)c1. The van der Waals surface area contributed by atoms with Crippen molar-refractivity contribution in [3.63, 3.8) is 0 Å². The minimum absolute atomic E-state index is 0.355. The van der Waals surface area contributed by atoms with Gasteiger partial charge in [-0.25, -0.2) is 4.79 Å². The van der Waals surface area contributed by atoms with E-state index in [0.717, 1.165) is 0 Å². The third-order valence-corrected chi connectivity index (χ3v) is 2.67. The van der Waals surface area contributed by atoms with Gasteiger partial charge in [0.15, 0.2) is 0 Å². The number of ether oxygens (including phenoxy) is 1. The van der Waals surface area contributed by atoms with E-state index >= 15 is 0 Å². The Morgan fingerprint density at radius 3 is 2.63 bits per heavy atom. The molecule has 0 aliphatic heterocycles. The number of benzene rings is 2. The predicted octanol–water partition coefficient (Wildman–Crippen LogP) is 3.99. The molecule has 0 aliphatic carbocycles. The number of hydrogen-bond acceptors (Lipinski definition) is 2. The van der Waals surface area contributed by atoms with Crippen LogP contribution < -0.4 is 15.4 Å². The van der Waals surface area contributed by atoms with Crippen LogP contribution in [0.4, 0.5) is 16.2 Å². The number of hydrogen-bond donors (Lipinski definition) is 2. The average Bonchev–Trinajstić information content (AvgIpc) is 2.39. The fourth-order valence-electron chi connectivity index (χ4n) is 1.60. The molecule has 0 bridgehead atoms. The van der Waals surface area contributed by atoms with Crippen molar-refractivity contribution in [1.29, 1.82) is 0 Å². The molecule has 98 valence electrons. The van der Waals surface area contributed by atoms with Crippen molar-refractivity contribution in [2.24, 2.45) is 0 Å². The minimum atomic E-state index is -0.355. The number of rotatable bonds is 3. The lowest BCUT2D eigenvalue weighted by Gasteiger charge is -2.11. The highest BCUT2D eigenvalue weighted by molar-refractivity contribution is 6.30. The summed E-state index contributed by atoms with van der Waals surface area (Å²) in [5, 5.41) is 5.97. The highest BCUT2D eigenvalue weighted by Gasteiger charge is 2.06. The van der Waals surface area contributed by atoms with Gasteiger partial charge in [0.05, 0.1) is 12.8 Å². The molecule has 2 N–H and O–H groups in total. The quantitative estimate of drug-likeness (QED) is 0.890. The summed E-state index contributed by atoms with van der Waals surface area (Å²) in [5.74, 6) is 0.601. The molecule has 2 aromatic carbocycles. The van der Waals surface area contributed by atoms with Crippen LogP contribution in [0, 0.1) is 0 Å². The molecule has 5 heteroatoms. The Bertz CT molecular complexity index is 587. The van der Waals surface area contributed by atoms with Gasteiger partial charge in [0.2, 0.25) is 0 Å². The molecule has 0 heterocycles. The summed E-state index contributed by atoms with van der Waals surface area (Å²) in [6, 6.07) is 13.8. The molecule has 19 heavy (non-hydrogen) atoms. The number of amides is 2. The Morgan fingerprint density at radius 1 is 1.11 bits per heavy atom. The summed E-state index contributed by atoms with van der Waals surface area (Å²) < 4.78 is 5.15. The molecular weight excluding hydrogens is 264 g/mol. The van der Waals surface area contributed by atoms with Crippen LogP contribution in [-0.2, 0) is 0 Å². The van der Waals surface area contributed by atoms with Gasteiger partial charge in [0.25, 0.3) is 0 Å². The van der Waals surface area contributed by atoms with Gasteiger partial charge in [-0.05, 0) is 30.3 Å². The van der Waals surface area contributed by atoms with Crippen LogP contribution in [0.2, 0.25) is 5.02 Å². The normalized spacial score (nSPS) is 9.79. The maximum atomic E-state index is 11.8. The van der Waals surface area contributed by atoms with E-state index < -0.39 is 0 Å². The van der Waals surface area contributed by atoms with E-state index in [9.17, 15) is 4.79 Å². The average molecular weight is 277 g/mol. The summed E-state index contributed by atoms with van der Waals surface area (Å²) in [6.07, 6.45) is 0. The number of carbonyl (C=O) groups is 1. The molecule has 0 atom stereocenters. The monoisotopic (exact) mass is 276 g/mol. The van der Waals surface area contributed by atoms with E-state index in [4.69, 9.17) is 16.3 Å². The number of anilines is 2. The molecule has 0 aliphatic rings. The van der Waals surface area contributed by atoms with Gasteiger partial charge >= 0.3 is 6.03 Å². The molecule has 2 aromatic rings. The first-order valence-corrected chi connectivity index (χ1v) is 6.03. The molecular formula is C14H13ClN2O2. The number of urea groups is 1.